The van der Waals surface area contributed by atoms with Crippen molar-refractivity contribution in [3.8, 4) is 5.75 Å². The van der Waals surface area contributed by atoms with Gasteiger partial charge in [-0.25, -0.2) is 4.79 Å². The van der Waals surface area contributed by atoms with Gasteiger partial charge < -0.3 is 14.8 Å². The maximum atomic E-state index is 12.5. The normalized spacial score (nSPS) is 10.2. The van der Waals surface area contributed by atoms with E-state index in [4.69, 9.17) is 21.1 Å². The van der Waals surface area contributed by atoms with Gasteiger partial charge in [-0.05, 0) is 42.5 Å². The van der Waals surface area contributed by atoms with Crippen LogP contribution in [0.1, 0.15) is 26.3 Å². The van der Waals surface area contributed by atoms with E-state index in [9.17, 15) is 9.59 Å². The molecule has 3 aromatic rings. The second-order valence-electron chi connectivity index (χ2n) is 5.90. The van der Waals surface area contributed by atoms with Gasteiger partial charge in [0.05, 0.1) is 18.4 Å². The van der Waals surface area contributed by atoms with Crippen molar-refractivity contribution in [2.45, 2.75) is 6.61 Å². The Kier molecular flexibility index (Phi) is 6.29. The maximum Gasteiger partial charge on any atom is 0.340 e. The van der Waals surface area contributed by atoms with Crippen molar-refractivity contribution in [2.24, 2.45) is 0 Å². The first kappa shape index (κ1) is 19.5. The highest BCUT2D eigenvalue weighted by atomic mass is 35.5. The molecule has 0 saturated carbocycles. The molecule has 0 aliphatic carbocycles. The van der Waals surface area contributed by atoms with Crippen LogP contribution in [-0.4, -0.2) is 19.0 Å². The van der Waals surface area contributed by atoms with Crippen molar-refractivity contribution in [1.29, 1.82) is 0 Å². The van der Waals surface area contributed by atoms with Crippen LogP contribution in [0.2, 0.25) is 5.02 Å². The molecule has 1 N–H and O–H groups in total. The van der Waals surface area contributed by atoms with Crippen LogP contribution in [0.15, 0.2) is 72.8 Å². The van der Waals surface area contributed by atoms with Crippen LogP contribution in [0, 0.1) is 0 Å². The molecule has 0 spiro atoms. The molecule has 0 radical (unpaired) electrons. The Morgan fingerprint density at radius 2 is 1.61 bits per heavy atom. The lowest BCUT2D eigenvalue weighted by molar-refractivity contribution is 0.0474. The summed E-state index contributed by atoms with van der Waals surface area (Å²) in [7, 11) is 1.56. The zero-order valence-corrected chi connectivity index (χ0v) is 15.9. The fraction of sp³-hybridized carbons (Fsp3) is 0.0909. The van der Waals surface area contributed by atoms with Gasteiger partial charge in [-0.3, -0.25) is 4.79 Å². The van der Waals surface area contributed by atoms with Crippen LogP contribution in [-0.2, 0) is 11.3 Å². The minimum Gasteiger partial charge on any atom is -0.497 e. The second-order valence-corrected chi connectivity index (χ2v) is 6.30. The number of nitrogens with one attached hydrogen (secondary N) is 1. The SMILES string of the molecule is COc1ccc(C(=O)Nc2ccccc2C(=O)OCc2ccccc2Cl)cc1. The lowest BCUT2D eigenvalue weighted by Crippen LogP contribution is -2.16. The lowest BCUT2D eigenvalue weighted by Gasteiger charge is -2.12. The van der Waals surface area contributed by atoms with Crippen LogP contribution in [0.4, 0.5) is 5.69 Å². The molecule has 0 unspecified atom stereocenters. The van der Waals surface area contributed by atoms with Crippen molar-refractivity contribution in [2.75, 3.05) is 12.4 Å². The highest BCUT2D eigenvalue weighted by Crippen LogP contribution is 2.21. The summed E-state index contributed by atoms with van der Waals surface area (Å²) >= 11 is 6.09. The monoisotopic (exact) mass is 395 g/mol. The molecule has 28 heavy (non-hydrogen) atoms. The van der Waals surface area contributed by atoms with Gasteiger partial charge in [-0.1, -0.05) is 41.9 Å². The zero-order valence-electron chi connectivity index (χ0n) is 15.1. The van der Waals surface area contributed by atoms with Gasteiger partial charge in [0, 0.05) is 16.1 Å². The minimum atomic E-state index is -0.550. The number of benzene rings is 3. The van der Waals surface area contributed by atoms with E-state index in [0.29, 0.717) is 27.6 Å². The Morgan fingerprint density at radius 1 is 0.929 bits per heavy atom. The number of rotatable bonds is 6. The van der Waals surface area contributed by atoms with Gasteiger partial charge in [-0.2, -0.15) is 0 Å². The van der Waals surface area contributed by atoms with E-state index in [0.717, 1.165) is 0 Å². The summed E-state index contributed by atoms with van der Waals surface area (Å²) in [5.41, 5.74) is 1.78. The Labute approximate surface area is 167 Å². The van der Waals surface area contributed by atoms with Crippen molar-refractivity contribution in [1.82, 2.24) is 0 Å². The number of anilines is 1. The quantitative estimate of drug-likeness (QED) is 0.599. The van der Waals surface area contributed by atoms with Crippen LogP contribution >= 0.6 is 11.6 Å². The van der Waals surface area contributed by atoms with Crippen molar-refractivity contribution in [3.63, 3.8) is 0 Å². The number of carbonyl (C=O) groups is 2. The molecule has 0 aliphatic rings. The second kappa shape index (κ2) is 9.06. The van der Waals surface area contributed by atoms with E-state index >= 15 is 0 Å². The van der Waals surface area contributed by atoms with Crippen molar-refractivity contribution >= 4 is 29.2 Å². The number of carbonyl (C=O) groups excluding carboxylic acids is 2. The summed E-state index contributed by atoms with van der Waals surface area (Å²) in [5.74, 6) is -0.236. The van der Waals surface area contributed by atoms with Crippen molar-refractivity contribution in [3.05, 3.63) is 94.5 Å². The molecule has 1 amide bonds. The minimum absolute atomic E-state index is 0.0409. The molecule has 3 rings (SSSR count). The molecule has 5 nitrogen and oxygen atoms in total. The fourth-order valence-corrected chi connectivity index (χ4v) is 2.73. The van der Waals surface area contributed by atoms with Crippen molar-refractivity contribution < 1.29 is 19.1 Å². The highest BCUT2D eigenvalue weighted by molar-refractivity contribution is 6.31. The Balaban J connectivity index is 1.72. The third-order valence-corrected chi connectivity index (χ3v) is 4.43. The summed E-state index contributed by atoms with van der Waals surface area (Å²) < 4.78 is 10.4. The first-order valence-electron chi connectivity index (χ1n) is 8.53. The van der Waals surface area contributed by atoms with Gasteiger partial charge in [-0.15, -0.1) is 0 Å². The molecule has 0 aliphatic heterocycles. The third kappa shape index (κ3) is 4.69. The molecule has 0 bridgehead atoms. The fourth-order valence-electron chi connectivity index (χ4n) is 2.54. The van der Waals surface area contributed by atoms with Gasteiger partial charge in [0.15, 0.2) is 0 Å². The van der Waals surface area contributed by atoms with E-state index < -0.39 is 5.97 Å². The molecule has 142 valence electrons. The smallest absolute Gasteiger partial charge is 0.340 e. The number of esters is 1. The Morgan fingerprint density at radius 3 is 2.32 bits per heavy atom. The van der Waals surface area contributed by atoms with E-state index in [1.165, 1.54) is 0 Å². The van der Waals surface area contributed by atoms with Gasteiger partial charge in [0.1, 0.15) is 12.4 Å². The average Bonchev–Trinajstić information content (AvgIpc) is 2.73. The topological polar surface area (TPSA) is 64.6 Å². The number of para-hydroxylation sites is 1. The third-order valence-electron chi connectivity index (χ3n) is 4.06. The summed E-state index contributed by atoms with van der Waals surface area (Å²) in [4.78, 5) is 25.0. The first-order chi connectivity index (χ1) is 13.6. The summed E-state index contributed by atoms with van der Waals surface area (Å²) in [6.07, 6.45) is 0. The first-order valence-corrected chi connectivity index (χ1v) is 8.91. The standard InChI is InChI=1S/C22H18ClNO4/c1-27-17-12-10-15(11-13-17)21(25)24-20-9-5-3-7-18(20)22(26)28-14-16-6-2-4-8-19(16)23/h2-13H,14H2,1H3,(H,24,25). The average molecular weight is 396 g/mol. The predicted molar refractivity (Wildman–Crippen MR) is 108 cm³/mol. The molecular weight excluding hydrogens is 378 g/mol. The number of amides is 1. The lowest BCUT2D eigenvalue weighted by atomic mass is 10.1. The van der Waals surface area contributed by atoms with Gasteiger partial charge >= 0.3 is 5.97 Å². The molecule has 0 heterocycles. The molecule has 3 aromatic carbocycles. The highest BCUT2D eigenvalue weighted by Gasteiger charge is 2.16. The molecule has 6 heteroatoms. The zero-order chi connectivity index (χ0) is 19.9. The van der Waals surface area contributed by atoms with E-state index in [1.54, 1.807) is 73.8 Å². The van der Waals surface area contributed by atoms with Gasteiger partial charge in [0.25, 0.3) is 5.91 Å². The summed E-state index contributed by atoms with van der Waals surface area (Å²) in [6, 6.07) is 20.5. The largest absolute Gasteiger partial charge is 0.497 e. The number of hydrogen-bond donors (Lipinski definition) is 1. The van der Waals surface area contributed by atoms with Crippen LogP contribution in [0.3, 0.4) is 0 Å². The summed E-state index contributed by atoms with van der Waals surface area (Å²) in [5, 5.41) is 3.27. The Bertz CT molecular complexity index is 986. The number of hydrogen-bond acceptors (Lipinski definition) is 4. The molecule has 0 saturated heterocycles. The number of methoxy groups -OCH3 is 1. The molecule has 0 aromatic heterocycles. The van der Waals surface area contributed by atoms with Crippen LogP contribution in [0.25, 0.3) is 0 Å². The van der Waals surface area contributed by atoms with E-state index in [1.807, 2.05) is 6.07 Å². The number of halogens is 1. The maximum absolute atomic E-state index is 12.5. The molecule has 0 atom stereocenters. The van der Waals surface area contributed by atoms with E-state index in [-0.39, 0.29) is 18.1 Å². The van der Waals surface area contributed by atoms with Crippen LogP contribution in [0.5, 0.6) is 5.75 Å². The molecule has 0 fully saturated rings. The molecular formula is C22H18ClNO4. The number of ether oxygens (including phenoxy) is 2. The summed E-state index contributed by atoms with van der Waals surface area (Å²) in [6.45, 7) is 0.0409. The van der Waals surface area contributed by atoms with Crippen LogP contribution < -0.4 is 10.1 Å². The Hall–Kier alpha value is -3.31. The van der Waals surface area contributed by atoms with E-state index in [2.05, 4.69) is 5.32 Å². The van der Waals surface area contributed by atoms with Gasteiger partial charge in [0.2, 0.25) is 0 Å². The predicted octanol–water partition coefficient (Wildman–Crippen LogP) is 4.96.